The van der Waals surface area contributed by atoms with E-state index in [-0.39, 0.29) is 19.1 Å². The summed E-state index contributed by atoms with van der Waals surface area (Å²) < 4.78 is 11.2. The first kappa shape index (κ1) is 27.0. The second-order valence-corrected chi connectivity index (χ2v) is 10.2. The van der Waals surface area contributed by atoms with Crippen molar-refractivity contribution in [1.29, 1.82) is 0 Å². The summed E-state index contributed by atoms with van der Waals surface area (Å²) in [4.78, 5) is 45.2. The topological polar surface area (TPSA) is 106 Å². The third kappa shape index (κ3) is 5.05. The van der Waals surface area contributed by atoms with Crippen molar-refractivity contribution in [3.05, 3.63) is 120 Å². The SMILES string of the molecule is C=CCOC(=O)c1ccnc(/C=C2/C(=O)N3C2C[C@@](C)(CO)[C@@H]3C(=O)OC(c2ccccc2)c2ccccc2)c1. The number of ether oxygens (including phenoxy) is 2. The highest BCUT2D eigenvalue weighted by Crippen LogP contribution is 2.50. The Labute approximate surface area is 232 Å². The quantitative estimate of drug-likeness (QED) is 0.189. The van der Waals surface area contributed by atoms with Crippen LogP contribution in [-0.4, -0.2) is 58.1 Å². The van der Waals surface area contributed by atoms with Gasteiger partial charge in [0, 0.05) is 17.2 Å². The molecular weight excluding hydrogens is 508 g/mol. The van der Waals surface area contributed by atoms with E-state index in [1.807, 2.05) is 60.7 Å². The third-order valence-corrected chi connectivity index (χ3v) is 7.45. The molecule has 8 nitrogen and oxygen atoms in total. The van der Waals surface area contributed by atoms with E-state index in [0.29, 0.717) is 23.3 Å². The second-order valence-electron chi connectivity index (χ2n) is 10.2. The zero-order valence-corrected chi connectivity index (χ0v) is 22.1. The highest BCUT2D eigenvalue weighted by atomic mass is 16.5. The van der Waals surface area contributed by atoms with Crippen molar-refractivity contribution in [2.24, 2.45) is 5.41 Å². The number of aromatic nitrogens is 1. The van der Waals surface area contributed by atoms with Crippen molar-refractivity contribution in [1.82, 2.24) is 9.88 Å². The van der Waals surface area contributed by atoms with Gasteiger partial charge >= 0.3 is 11.9 Å². The number of fused-ring (bicyclic) bond motifs is 1. The predicted molar refractivity (Wildman–Crippen MR) is 148 cm³/mol. The number of hydrogen-bond acceptors (Lipinski definition) is 7. The molecule has 3 heterocycles. The number of rotatable bonds is 9. The first-order chi connectivity index (χ1) is 19.4. The van der Waals surface area contributed by atoms with Crippen LogP contribution in [0, 0.1) is 5.41 Å². The van der Waals surface area contributed by atoms with E-state index in [1.165, 1.54) is 23.2 Å². The molecule has 0 aliphatic carbocycles. The molecule has 40 heavy (non-hydrogen) atoms. The average Bonchev–Trinajstić information content (AvgIpc) is 3.28. The van der Waals surface area contributed by atoms with Crippen molar-refractivity contribution in [3.63, 3.8) is 0 Å². The number of aliphatic hydroxyl groups is 1. The van der Waals surface area contributed by atoms with E-state index in [0.717, 1.165) is 11.1 Å². The van der Waals surface area contributed by atoms with Gasteiger partial charge in [-0.05, 0) is 35.8 Å². The molecule has 1 unspecified atom stereocenters. The number of esters is 2. The summed E-state index contributed by atoms with van der Waals surface area (Å²) in [7, 11) is 0. The molecule has 204 valence electrons. The number of carbonyl (C=O) groups excluding carboxylic acids is 3. The lowest BCUT2D eigenvalue weighted by atomic mass is 9.81. The molecule has 0 radical (unpaired) electrons. The van der Waals surface area contributed by atoms with Gasteiger partial charge in [-0.1, -0.05) is 80.2 Å². The molecule has 2 saturated heterocycles. The molecule has 8 heteroatoms. The molecule has 0 saturated carbocycles. The number of amides is 1. The highest BCUT2D eigenvalue weighted by Gasteiger charge is 2.62. The van der Waals surface area contributed by atoms with E-state index in [4.69, 9.17) is 9.47 Å². The highest BCUT2D eigenvalue weighted by molar-refractivity contribution is 6.08. The fourth-order valence-corrected chi connectivity index (χ4v) is 5.41. The molecular formula is C32H30N2O6. The molecule has 3 atom stereocenters. The number of aliphatic hydroxyl groups excluding tert-OH is 1. The van der Waals surface area contributed by atoms with Crippen molar-refractivity contribution >= 4 is 23.9 Å². The first-order valence-corrected chi connectivity index (χ1v) is 13.1. The predicted octanol–water partition coefficient (Wildman–Crippen LogP) is 4.12. The van der Waals surface area contributed by atoms with E-state index < -0.39 is 35.5 Å². The molecule has 2 aromatic carbocycles. The lowest BCUT2D eigenvalue weighted by molar-refractivity contribution is -0.163. The maximum Gasteiger partial charge on any atom is 0.338 e. The van der Waals surface area contributed by atoms with E-state index >= 15 is 0 Å². The monoisotopic (exact) mass is 538 g/mol. The Morgan fingerprint density at radius 3 is 2.38 bits per heavy atom. The molecule has 3 aromatic rings. The Morgan fingerprint density at radius 1 is 1.12 bits per heavy atom. The summed E-state index contributed by atoms with van der Waals surface area (Å²) in [6.07, 6.45) is 4.28. The van der Waals surface area contributed by atoms with E-state index in [1.54, 1.807) is 19.1 Å². The zero-order chi connectivity index (χ0) is 28.3. The van der Waals surface area contributed by atoms with E-state index in [2.05, 4.69) is 11.6 Å². The fraction of sp³-hybridized carbons (Fsp3) is 0.250. The number of pyridine rings is 1. The van der Waals surface area contributed by atoms with Crippen LogP contribution in [0.5, 0.6) is 0 Å². The zero-order valence-electron chi connectivity index (χ0n) is 22.1. The third-order valence-electron chi connectivity index (χ3n) is 7.45. The Hall–Kier alpha value is -4.56. The smallest absolute Gasteiger partial charge is 0.338 e. The van der Waals surface area contributed by atoms with Gasteiger partial charge < -0.3 is 19.5 Å². The maximum absolute atomic E-state index is 13.8. The number of carbonyl (C=O) groups is 3. The molecule has 2 aliphatic rings. The summed E-state index contributed by atoms with van der Waals surface area (Å²) in [5.41, 5.74) is 1.87. The Balaban J connectivity index is 1.40. The van der Waals surface area contributed by atoms with Gasteiger partial charge in [0.2, 0.25) is 0 Å². The van der Waals surface area contributed by atoms with Gasteiger partial charge in [-0.3, -0.25) is 9.78 Å². The molecule has 5 rings (SSSR count). The van der Waals surface area contributed by atoms with Gasteiger partial charge in [0.15, 0.2) is 6.10 Å². The van der Waals surface area contributed by atoms with E-state index in [9.17, 15) is 19.5 Å². The van der Waals surface area contributed by atoms with Crippen LogP contribution in [-0.2, 0) is 19.1 Å². The van der Waals surface area contributed by atoms with Gasteiger partial charge in [0.25, 0.3) is 5.91 Å². The molecule has 0 bridgehead atoms. The molecule has 2 aliphatic heterocycles. The number of hydrogen-bond donors (Lipinski definition) is 1. The molecule has 1 amide bonds. The molecule has 1 N–H and O–H groups in total. The lowest BCUT2D eigenvalue weighted by Gasteiger charge is -2.41. The van der Waals surface area contributed by atoms with Crippen LogP contribution in [0.2, 0.25) is 0 Å². The Morgan fingerprint density at radius 2 is 1.77 bits per heavy atom. The van der Waals surface area contributed by atoms with Crippen LogP contribution < -0.4 is 0 Å². The molecule has 1 aromatic heterocycles. The first-order valence-electron chi connectivity index (χ1n) is 13.1. The summed E-state index contributed by atoms with van der Waals surface area (Å²) >= 11 is 0. The number of β-lactam (4-membered cyclic amide) rings is 1. The minimum absolute atomic E-state index is 0.0831. The van der Waals surface area contributed by atoms with Crippen molar-refractivity contribution in [3.8, 4) is 0 Å². The van der Waals surface area contributed by atoms with Gasteiger partial charge in [0.1, 0.15) is 12.6 Å². The van der Waals surface area contributed by atoms with Crippen LogP contribution in [0.1, 0.15) is 46.6 Å². The summed E-state index contributed by atoms with van der Waals surface area (Å²) in [5, 5.41) is 10.4. The summed E-state index contributed by atoms with van der Waals surface area (Å²) in [6, 6.07) is 20.5. The maximum atomic E-state index is 13.8. The Kier molecular flexibility index (Phi) is 7.62. The summed E-state index contributed by atoms with van der Waals surface area (Å²) in [6.45, 7) is 5.10. The van der Waals surface area contributed by atoms with Crippen LogP contribution in [0.25, 0.3) is 6.08 Å². The van der Waals surface area contributed by atoms with Crippen molar-refractivity contribution in [2.75, 3.05) is 13.2 Å². The second kappa shape index (κ2) is 11.3. The number of nitrogens with zero attached hydrogens (tertiary/aromatic N) is 2. The van der Waals surface area contributed by atoms with Gasteiger partial charge in [-0.25, -0.2) is 9.59 Å². The van der Waals surface area contributed by atoms with Crippen LogP contribution in [0.3, 0.4) is 0 Å². The number of benzene rings is 2. The fourth-order valence-electron chi connectivity index (χ4n) is 5.41. The van der Waals surface area contributed by atoms with Gasteiger partial charge in [-0.2, -0.15) is 0 Å². The minimum Gasteiger partial charge on any atom is -0.458 e. The van der Waals surface area contributed by atoms with Crippen LogP contribution >= 0.6 is 0 Å². The standard InChI is InChI=1S/C32H30N2O6/c1-3-16-39-30(37)23-14-15-33-24(17-23)18-25-26-19-32(2,20-35)28(34(26)29(25)36)31(38)40-27(21-10-6-4-7-11-21)22-12-8-5-9-13-22/h3-15,17-18,26-28,35H,1,16,19-20H2,2H3/b25-18+/t26?,28-,32-/m0/s1. The van der Waals surface area contributed by atoms with Gasteiger partial charge in [0.05, 0.1) is 23.9 Å². The molecule has 0 spiro atoms. The van der Waals surface area contributed by atoms with Crippen LogP contribution in [0.15, 0.2) is 97.2 Å². The van der Waals surface area contributed by atoms with Gasteiger partial charge in [-0.15, -0.1) is 0 Å². The normalized spacial score (nSPS) is 22.5. The lowest BCUT2D eigenvalue weighted by Crippen LogP contribution is -2.58. The van der Waals surface area contributed by atoms with Crippen LogP contribution in [0.4, 0.5) is 0 Å². The molecule has 2 fully saturated rings. The average molecular weight is 539 g/mol. The minimum atomic E-state index is -0.963. The largest absolute Gasteiger partial charge is 0.458 e. The summed E-state index contributed by atoms with van der Waals surface area (Å²) in [5.74, 6) is -1.43. The van der Waals surface area contributed by atoms with Crippen molar-refractivity contribution < 1.29 is 29.0 Å². The van der Waals surface area contributed by atoms with Crippen molar-refractivity contribution in [2.45, 2.75) is 31.5 Å². The Bertz CT molecular complexity index is 1410.